The second-order valence-electron chi connectivity index (χ2n) is 4.02. The van der Waals surface area contributed by atoms with Crippen molar-refractivity contribution in [1.29, 1.82) is 0 Å². The van der Waals surface area contributed by atoms with Gasteiger partial charge in [-0.05, 0) is 24.1 Å². The van der Waals surface area contributed by atoms with E-state index >= 15 is 0 Å². The van der Waals surface area contributed by atoms with Crippen molar-refractivity contribution in [1.82, 2.24) is 0 Å². The molecule has 0 aromatic heterocycles. The molecule has 0 aliphatic heterocycles. The number of alkyl halides is 1. The Kier molecular flexibility index (Phi) is 9.73. The molecule has 0 spiro atoms. The predicted octanol–water partition coefficient (Wildman–Crippen LogP) is 3.95. The van der Waals surface area contributed by atoms with Gasteiger partial charge in [0.1, 0.15) is 0 Å². The molecule has 108 valence electrons. The number of rotatable bonds is 10. The third-order valence-corrected chi connectivity index (χ3v) is 3.68. The molecule has 5 heteroatoms. The van der Waals surface area contributed by atoms with Gasteiger partial charge >= 0.3 is 0 Å². The van der Waals surface area contributed by atoms with E-state index in [0.29, 0.717) is 26.4 Å². The zero-order valence-electron chi connectivity index (χ0n) is 11.1. The van der Waals surface area contributed by atoms with E-state index in [1.807, 2.05) is 12.1 Å². The van der Waals surface area contributed by atoms with Gasteiger partial charge in [-0.15, -0.1) is 0 Å². The summed E-state index contributed by atoms with van der Waals surface area (Å²) in [6, 6.07) is 8.21. The Labute approximate surface area is 131 Å². The number of hydrogen-bond acceptors (Lipinski definition) is 3. The first-order valence-electron chi connectivity index (χ1n) is 6.27. The summed E-state index contributed by atoms with van der Waals surface area (Å²) < 4.78 is 17.2. The van der Waals surface area contributed by atoms with Gasteiger partial charge in [0.2, 0.25) is 0 Å². The van der Waals surface area contributed by atoms with E-state index in [1.54, 1.807) is 7.11 Å². The topological polar surface area (TPSA) is 27.7 Å². The van der Waals surface area contributed by atoms with Crippen molar-refractivity contribution in [2.75, 3.05) is 38.9 Å². The maximum Gasteiger partial charge on any atom is 0.0921 e. The molecule has 0 aliphatic carbocycles. The zero-order chi connectivity index (χ0) is 13.9. The minimum Gasteiger partial charge on any atom is -0.382 e. The maximum atomic E-state index is 5.85. The van der Waals surface area contributed by atoms with E-state index in [9.17, 15) is 0 Å². The molecule has 1 atom stereocenters. The van der Waals surface area contributed by atoms with Crippen LogP contribution in [0, 0.1) is 0 Å². The van der Waals surface area contributed by atoms with E-state index < -0.39 is 0 Å². The van der Waals surface area contributed by atoms with Crippen LogP contribution < -0.4 is 0 Å². The van der Waals surface area contributed by atoms with Crippen molar-refractivity contribution in [2.24, 2.45) is 0 Å². The quantitative estimate of drug-likeness (QED) is 0.443. The van der Waals surface area contributed by atoms with E-state index in [2.05, 4.69) is 44.0 Å². The average molecular weight is 396 g/mol. The van der Waals surface area contributed by atoms with Crippen LogP contribution in [0.2, 0.25) is 0 Å². The Morgan fingerprint density at radius 1 is 1.05 bits per heavy atom. The molecule has 0 amide bonds. The van der Waals surface area contributed by atoms with Gasteiger partial charge in [0.25, 0.3) is 0 Å². The molecular weight excluding hydrogens is 376 g/mol. The number of hydrogen-bond donors (Lipinski definition) is 0. The highest BCUT2D eigenvalue weighted by atomic mass is 79.9. The van der Waals surface area contributed by atoms with Crippen molar-refractivity contribution in [3.8, 4) is 0 Å². The van der Waals surface area contributed by atoms with Gasteiger partial charge in [-0.1, -0.05) is 44.0 Å². The molecule has 1 rings (SSSR count). The van der Waals surface area contributed by atoms with Crippen molar-refractivity contribution in [2.45, 2.75) is 12.5 Å². The number of ether oxygens (including phenoxy) is 3. The van der Waals surface area contributed by atoms with Gasteiger partial charge in [0.15, 0.2) is 0 Å². The van der Waals surface area contributed by atoms with Crippen molar-refractivity contribution in [3.63, 3.8) is 0 Å². The third-order valence-electron chi connectivity index (χ3n) is 2.57. The highest BCUT2D eigenvalue weighted by Gasteiger charge is 2.09. The van der Waals surface area contributed by atoms with E-state index in [4.69, 9.17) is 14.2 Å². The second-order valence-corrected chi connectivity index (χ2v) is 5.59. The molecule has 0 fully saturated rings. The van der Waals surface area contributed by atoms with Gasteiger partial charge in [-0.25, -0.2) is 0 Å². The summed E-state index contributed by atoms with van der Waals surface area (Å²) in [5.74, 6) is 0. The summed E-state index contributed by atoms with van der Waals surface area (Å²) in [5, 5.41) is 0.791. The molecule has 3 nitrogen and oxygen atoms in total. The van der Waals surface area contributed by atoms with Crippen molar-refractivity contribution >= 4 is 31.9 Å². The van der Waals surface area contributed by atoms with Crippen molar-refractivity contribution in [3.05, 3.63) is 34.3 Å². The van der Waals surface area contributed by atoms with Crippen LogP contribution in [0.15, 0.2) is 28.7 Å². The van der Waals surface area contributed by atoms with Gasteiger partial charge in [0.05, 0.1) is 19.3 Å². The first kappa shape index (κ1) is 17.1. The summed E-state index contributed by atoms with van der Waals surface area (Å²) in [7, 11) is 1.67. The number of methoxy groups -OCH3 is 1. The van der Waals surface area contributed by atoms with E-state index in [1.165, 1.54) is 5.56 Å². The molecule has 19 heavy (non-hydrogen) atoms. The highest BCUT2D eigenvalue weighted by molar-refractivity contribution is 9.10. The molecule has 0 saturated carbocycles. The van der Waals surface area contributed by atoms with Crippen LogP contribution >= 0.6 is 31.9 Å². The van der Waals surface area contributed by atoms with Gasteiger partial charge in [-0.3, -0.25) is 0 Å². The zero-order valence-corrected chi connectivity index (χ0v) is 14.3. The normalized spacial score (nSPS) is 12.6. The average Bonchev–Trinajstić information content (AvgIpc) is 2.43. The first-order chi connectivity index (χ1) is 9.27. The molecule has 1 unspecified atom stereocenters. The van der Waals surface area contributed by atoms with Crippen LogP contribution in [0.25, 0.3) is 0 Å². The molecule has 0 N–H and O–H groups in total. The number of benzene rings is 1. The maximum absolute atomic E-state index is 5.85. The lowest BCUT2D eigenvalue weighted by Crippen LogP contribution is -2.10. The lowest BCUT2D eigenvalue weighted by Gasteiger charge is -2.16. The molecule has 1 aromatic carbocycles. The molecule has 0 saturated heterocycles. The summed E-state index contributed by atoms with van der Waals surface area (Å²) in [6.07, 6.45) is 0.982. The molecule has 0 aliphatic rings. The summed E-state index contributed by atoms with van der Waals surface area (Å²) >= 11 is 6.92. The summed E-state index contributed by atoms with van der Waals surface area (Å²) in [6.45, 7) is 2.69. The first-order valence-corrected chi connectivity index (χ1v) is 8.19. The monoisotopic (exact) mass is 394 g/mol. The smallest absolute Gasteiger partial charge is 0.0921 e. The van der Waals surface area contributed by atoms with Crippen LogP contribution in [-0.4, -0.2) is 38.9 Å². The van der Waals surface area contributed by atoms with E-state index in [0.717, 1.165) is 16.2 Å². The third kappa shape index (κ3) is 7.42. The lowest BCUT2D eigenvalue weighted by atomic mass is 10.1. The van der Waals surface area contributed by atoms with Crippen LogP contribution in [-0.2, 0) is 14.2 Å². The Hall–Kier alpha value is 0.0600. The van der Waals surface area contributed by atoms with Crippen LogP contribution in [0.3, 0.4) is 0 Å². The second kappa shape index (κ2) is 10.8. The molecule has 0 heterocycles. The fourth-order valence-corrected chi connectivity index (χ4v) is 2.36. The molecule has 0 radical (unpaired) electrons. The van der Waals surface area contributed by atoms with E-state index in [-0.39, 0.29) is 6.10 Å². The van der Waals surface area contributed by atoms with Gasteiger partial charge < -0.3 is 14.2 Å². The predicted molar refractivity (Wildman–Crippen MR) is 83.9 cm³/mol. The standard InChI is InChI=1S/C14H20Br2O3/c1-17-9-10-18-7-2-8-19-14(11-15)12-3-5-13(16)6-4-12/h3-6,14H,2,7-11H2,1H3. The van der Waals surface area contributed by atoms with Crippen LogP contribution in [0.4, 0.5) is 0 Å². The SMILES string of the molecule is COCCOCCCOC(CBr)c1ccc(Br)cc1. The molecule has 1 aromatic rings. The highest BCUT2D eigenvalue weighted by Crippen LogP contribution is 2.22. The minimum absolute atomic E-state index is 0.0899. The Balaban J connectivity index is 2.20. The Morgan fingerprint density at radius 2 is 1.79 bits per heavy atom. The minimum atomic E-state index is 0.0899. The molecule has 0 bridgehead atoms. The lowest BCUT2D eigenvalue weighted by molar-refractivity contribution is 0.0316. The summed E-state index contributed by atoms with van der Waals surface area (Å²) in [4.78, 5) is 0. The number of halogens is 2. The Morgan fingerprint density at radius 3 is 2.42 bits per heavy atom. The van der Waals surface area contributed by atoms with Crippen LogP contribution in [0.5, 0.6) is 0 Å². The fourth-order valence-electron chi connectivity index (χ4n) is 1.54. The van der Waals surface area contributed by atoms with Gasteiger partial charge in [0, 0.05) is 30.1 Å². The Bertz CT molecular complexity index is 330. The fraction of sp³-hybridized carbons (Fsp3) is 0.571. The summed E-state index contributed by atoms with van der Waals surface area (Å²) in [5.41, 5.74) is 1.18. The van der Waals surface area contributed by atoms with Gasteiger partial charge in [-0.2, -0.15) is 0 Å². The molecular formula is C14H20Br2O3. The van der Waals surface area contributed by atoms with Crippen molar-refractivity contribution < 1.29 is 14.2 Å². The van der Waals surface area contributed by atoms with Crippen LogP contribution in [0.1, 0.15) is 18.1 Å². The largest absolute Gasteiger partial charge is 0.382 e.